The summed E-state index contributed by atoms with van der Waals surface area (Å²) < 4.78 is 21.1. The van der Waals surface area contributed by atoms with Crippen molar-refractivity contribution in [2.75, 3.05) is 13.2 Å². The third kappa shape index (κ3) is 4.29. The van der Waals surface area contributed by atoms with Crippen molar-refractivity contribution in [1.82, 2.24) is 15.0 Å². The first-order valence-corrected chi connectivity index (χ1v) is 11.8. The van der Waals surface area contributed by atoms with E-state index in [4.69, 9.17) is 4.74 Å². The molecule has 1 saturated heterocycles. The number of hydrogen-bond acceptors (Lipinski definition) is 7. The summed E-state index contributed by atoms with van der Waals surface area (Å²) in [5.74, 6) is 0.133. The lowest BCUT2D eigenvalue weighted by atomic mass is 10.00. The van der Waals surface area contributed by atoms with Crippen LogP contribution in [0.2, 0.25) is 0 Å². The van der Waals surface area contributed by atoms with E-state index in [9.17, 15) is 9.50 Å². The molecule has 1 atom stereocenters. The molecule has 0 saturated carbocycles. The summed E-state index contributed by atoms with van der Waals surface area (Å²) in [5.41, 5.74) is 2.25. The fourth-order valence-electron chi connectivity index (χ4n) is 3.69. The van der Waals surface area contributed by atoms with Gasteiger partial charge in [0.15, 0.2) is 0 Å². The van der Waals surface area contributed by atoms with Crippen LogP contribution < -0.4 is 0 Å². The molecule has 0 bridgehead atoms. The Labute approximate surface area is 186 Å². The normalized spacial score (nSPS) is 16.3. The number of benzene rings is 1. The summed E-state index contributed by atoms with van der Waals surface area (Å²) in [5, 5.41) is 13.0. The van der Waals surface area contributed by atoms with Crippen LogP contribution in [0.25, 0.3) is 27.6 Å². The predicted molar refractivity (Wildman–Crippen MR) is 122 cm³/mol. The summed E-state index contributed by atoms with van der Waals surface area (Å²) in [6, 6.07) is 6.61. The Kier molecular flexibility index (Phi) is 5.87. The second-order valence-electron chi connectivity index (χ2n) is 7.41. The highest BCUT2D eigenvalue weighted by molar-refractivity contribution is 7.20. The van der Waals surface area contributed by atoms with Gasteiger partial charge in [0.25, 0.3) is 0 Å². The van der Waals surface area contributed by atoms with Crippen molar-refractivity contribution in [3.8, 4) is 11.3 Å². The van der Waals surface area contributed by atoms with E-state index < -0.39 is 6.10 Å². The van der Waals surface area contributed by atoms with Gasteiger partial charge in [-0.05, 0) is 48.6 Å². The van der Waals surface area contributed by atoms with Crippen LogP contribution >= 0.6 is 22.7 Å². The number of aromatic nitrogens is 3. The van der Waals surface area contributed by atoms with Gasteiger partial charge in [0.2, 0.25) is 0 Å². The molecule has 1 aromatic carbocycles. The molecular weight excluding hydrogens is 433 g/mol. The summed E-state index contributed by atoms with van der Waals surface area (Å²) in [4.78, 5) is 14.0. The molecule has 1 fully saturated rings. The number of allylic oxidation sites excluding steroid dienone is 1. The van der Waals surface area contributed by atoms with Crippen LogP contribution in [-0.2, 0) is 4.74 Å². The summed E-state index contributed by atoms with van der Waals surface area (Å²) in [6.07, 6.45) is 8.61. The fourth-order valence-corrected chi connectivity index (χ4v) is 5.37. The molecule has 1 aliphatic rings. The molecular formula is C23H20FN3O2S2. The largest absolute Gasteiger partial charge is 0.381 e. The maximum Gasteiger partial charge on any atom is 0.132 e. The minimum atomic E-state index is -0.905. The van der Waals surface area contributed by atoms with Crippen LogP contribution in [0.5, 0.6) is 0 Å². The molecule has 0 aliphatic carbocycles. The van der Waals surface area contributed by atoms with E-state index >= 15 is 0 Å². The van der Waals surface area contributed by atoms with Gasteiger partial charge in [-0.15, -0.1) is 22.7 Å². The SMILES string of the molecule is OC(c1ccc(F)c(-c2ncnc3cc(C=CC4CCOCC4)sc23)c1)c1nccs1. The average Bonchev–Trinajstić information content (AvgIpc) is 3.48. The van der Waals surface area contributed by atoms with E-state index in [1.165, 1.54) is 23.7 Å². The number of ether oxygens (including phenoxy) is 1. The Bertz CT molecular complexity index is 1220. The van der Waals surface area contributed by atoms with Gasteiger partial charge in [0.1, 0.15) is 23.3 Å². The molecule has 1 aliphatic heterocycles. The molecule has 4 heterocycles. The van der Waals surface area contributed by atoms with Crippen molar-refractivity contribution >= 4 is 39.0 Å². The topological polar surface area (TPSA) is 68.1 Å². The van der Waals surface area contributed by atoms with Gasteiger partial charge < -0.3 is 9.84 Å². The number of hydrogen-bond donors (Lipinski definition) is 1. The number of aliphatic hydroxyl groups is 1. The molecule has 0 spiro atoms. The maximum atomic E-state index is 14.8. The lowest BCUT2D eigenvalue weighted by Crippen LogP contribution is -2.13. The molecule has 158 valence electrons. The third-order valence-corrected chi connectivity index (χ3v) is 7.30. The molecule has 4 aromatic rings. The van der Waals surface area contributed by atoms with Crippen molar-refractivity contribution in [1.29, 1.82) is 0 Å². The number of nitrogens with zero attached hydrogens (tertiary/aromatic N) is 3. The number of thiazole rings is 1. The summed E-state index contributed by atoms with van der Waals surface area (Å²) in [7, 11) is 0. The summed E-state index contributed by atoms with van der Waals surface area (Å²) >= 11 is 2.91. The first-order valence-electron chi connectivity index (χ1n) is 10.1. The standard InChI is InChI=1S/C23H20FN3O2S2/c24-18-4-2-15(21(28)23-25-7-10-30-23)11-17(18)20-22-19(26-13-27-20)12-16(31-22)3-1-14-5-8-29-9-6-14/h1-4,7,10-14,21,28H,5-6,8-9H2. The zero-order chi connectivity index (χ0) is 21.2. The molecule has 1 unspecified atom stereocenters. The van der Waals surface area contributed by atoms with Crippen molar-refractivity contribution in [2.45, 2.75) is 18.9 Å². The van der Waals surface area contributed by atoms with Crippen LogP contribution in [0, 0.1) is 11.7 Å². The van der Waals surface area contributed by atoms with E-state index in [-0.39, 0.29) is 5.82 Å². The molecule has 0 radical (unpaired) electrons. The number of thiophene rings is 1. The Hall–Kier alpha value is -2.52. The zero-order valence-corrected chi connectivity index (χ0v) is 18.2. The highest BCUT2D eigenvalue weighted by atomic mass is 32.1. The van der Waals surface area contributed by atoms with Gasteiger partial charge in [-0.25, -0.2) is 19.3 Å². The van der Waals surface area contributed by atoms with E-state index in [0.717, 1.165) is 41.1 Å². The Morgan fingerprint density at radius 3 is 2.84 bits per heavy atom. The highest BCUT2D eigenvalue weighted by Crippen LogP contribution is 2.36. The zero-order valence-electron chi connectivity index (χ0n) is 16.6. The van der Waals surface area contributed by atoms with E-state index in [0.29, 0.717) is 27.7 Å². The molecule has 0 amide bonds. The monoisotopic (exact) mass is 453 g/mol. The number of rotatable bonds is 5. The van der Waals surface area contributed by atoms with Crippen molar-refractivity contribution in [2.24, 2.45) is 5.92 Å². The maximum absolute atomic E-state index is 14.8. The quantitative estimate of drug-likeness (QED) is 0.434. The summed E-state index contributed by atoms with van der Waals surface area (Å²) in [6.45, 7) is 1.61. The predicted octanol–water partition coefficient (Wildman–Crippen LogP) is 5.48. The minimum Gasteiger partial charge on any atom is -0.381 e. The van der Waals surface area contributed by atoms with E-state index in [1.807, 2.05) is 6.07 Å². The fraction of sp³-hybridized carbons (Fsp3) is 0.261. The molecule has 1 N–H and O–H groups in total. The Morgan fingerprint density at radius 2 is 2.03 bits per heavy atom. The van der Waals surface area contributed by atoms with Crippen LogP contribution in [0.15, 0.2) is 48.2 Å². The van der Waals surface area contributed by atoms with Gasteiger partial charge in [-0.2, -0.15) is 0 Å². The number of fused-ring (bicyclic) bond motifs is 1. The molecule has 31 heavy (non-hydrogen) atoms. The van der Waals surface area contributed by atoms with Gasteiger partial charge in [-0.1, -0.05) is 12.1 Å². The van der Waals surface area contributed by atoms with E-state index in [2.05, 4.69) is 27.1 Å². The Morgan fingerprint density at radius 1 is 1.16 bits per heavy atom. The molecule has 8 heteroatoms. The number of halogens is 1. The second kappa shape index (κ2) is 8.92. The van der Waals surface area contributed by atoms with Crippen LogP contribution in [0.3, 0.4) is 0 Å². The molecule has 5 rings (SSSR count). The Balaban J connectivity index is 1.50. The van der Waals surface area contributed by atoms with Crippen molar-refractivity contribution in [3.05, 3.63) is 69.5 Å². The van der Waals surface area contributed by atoms with Crippen LogP contribution in [0.1, 0.15) is 34.4 Å². The third-order valence-electron chi connectivity index (χ3n) is 5.38. The average molecular weight is 454 g/mol. The lowest BCUT2D eigenvalue weighted by molar-refractivity contribution is 0.0787. The second-order valence-corrected chi connectivity index (χ2v) is 9.42. The van der Waals surface area contributed by atoms with Crippen LogP contribution in [0.4, 0.5) is 4.39 Å². The first kappa shape index (κ1) is 20.4. The lowest BCUT2D eigenvalue weighted by Gasteiger charge is -2.18. The van der Waals surface area contributed by atoms with Gasteiger partial charge in [0, 0.05) is 35.2 Å². The number of aliphatic hydroxyl groups excluding tert-OH is 1. The van der Waals surface area contributed by atoms with Gasteiger partial charge in [0.05, 0.1) is 15.9 Å². The highest BCUT2D eigenvalue weighted by Gasteiger charge is 2.19. The smallest absolute Gasteiger partial charge is 0.132 e. The van der Waals surface area contributed by atoms with E-state index in [1.54, 1.807) is 35.0 Å². The van der Waals surface area contributed by atoms with Crippen LogP contribution in [-0.4, -0.2) is 33.3 Å². The van der Waals surface area contributed by atoms with Gasteiger partial charge in [-0.3, -0.25) is 0 Å². The van der Waals surface area contributed by atoms with Gasteiger partial charge >= 0.3 is 0 Å². The molecule has 5 nitrogen and oxygen atoms in total. The van der Waals surface area contributed by atoms with Crippen molar-refractivity contribution < 1.29 is 14.2 Å². The minimum absolute atomic E-state index is 0.349. The first-order chi connectivity index (χ1) is 15.2. The van der Waals surface area contributed by atoms with Crippen molar-refractivity contribution in [3.63, 3.8) is 0 Å². The molecule has 3 aromatic heterocycles.